The Morgan fingerprint density at radius 3 is 2.38 bits per heavy atom. The zero-order chi connectivity index (χ0) is 25.1. The Morgan fingerprint density at radius 1 is 1.12 bits per heavy atom. The van der Waals surface area contributed by atoms with Crippen LogP contribution in [0.2, 0.25) is 18.1 Å². The molecule has 1 saturated carbocycles. The number of hydrazine groups is 1. The van der Waals surface area contributed by atoms with Crippen LogP contribution in [0.5, 0.6) is 0 Å². The number of aromatic nitrogens is 1. The minimum absolute atomic E-state index is 0.0226. The molecular formula is C24H34N4O5Si. The molecule has 184 valence electrons. The number of nitrogens with one attached hydrogen (secondary N) is 3. The summed E-state index contributed by atoms with van der Waals surface area (Å²) in [7, 11) is -2.10. The van der Waals surface area contributed by atoms with Crippen LogP contribution in [0.3, 0.4) is 0 Å². The highest BCUT2D eigenvalue weighted by Gasteiger charge is 2.40. The largest absolute Gasteiger partial charge is 0.405 e. The molecule has 0 radical (unpaired) electrons. The van der Waals surface area contributed by atoms with E-state index in [1.807, 2.05) is 30.3 Å². The number of carbonyl (C=O) groups excluding carboxylic acids is 3. The number of amides is 3. The van der Waals surface area contributed by atoms with Crippen molar-refractivity contribution in [2.24, 2.45) is 5.92 Å². The average Bonchev–Trinajstić information content (AvgIpc) is 3.24. The van der Waals surface area contributed by atoms with E-state index in [1.54, 1.807) is 13.0 Å². The highest BCUT2D eigenvalue weighted by molar-refractivity contribution is 6.74. The Bertz CT molecular complexity index is 1030. The van der Waals surface area contributed by atoms with Gasteiger partial charge in [0.05, 0.1) is 0 Å². The lowest BCUT2D eigenvalue weighted by atomic mass is 9.79. The summed E-state index contributed by atoms with van der Waals surface area (Å²) in [5, 5.41) is 6.68. The molecule has 3 amide bonds. The summed E-state index contributed by atoms with van der Waals surface area (Å²) in [5.41, 5.74) is 5.95. The van der Waals surface area contributed by atoms with Crippen molar-refractivity contribution >= 4 is 26.0 Å². The van der Waals surface area contributed by atoms with E-state index >= 15 is 0 Å². The van der Waals surface area contributed by atoms with Gasteiger partial charge in [-0.3, -0.25) is 25.2 Å². The van der Waals surface area contributed by atoms with Gasteiger partial charge < -0.3 is 14.3 Å². The quantitative estimate of drug-likeness (QED) is 0.407. The van der Waals surface area contributed by atoms with E-state index in [4.69, 9.17) is 8.95 Å². The smallest absolute Gasteiger partial charge is 0.273 e. The Kier molecular flexibility index (Phi) is 7.62. The zero-order valence-corrected chi connectivity index (χ0v) is 21.6. The van der Waals surface area contributed by atoms with Gasteiger partial charge in [-0.2, -0.15) is 0 Å². The fourth-order valence-corrected chi connectivity index (χ4v) is 4.67. The summed E-state index contributed by atoms with van der Waals surface area (Å²) in [5.74, 6) is -0.799. The molecular weight excluding hydrogens is 452 g/mol. The second-order valence-corrected chi connectivity index (χ2v) is 15.0. The van der Waals surface area contributed by atoms with Gasteiger partial charge in [-0.05, 0) is 37.9 Å². The highest BCUT2D eigenvalue weighted by Crippen LogP contribution is 2.37. The van der Waals surface area contributed by atoms with Crippen LogP contribution in [0.25, 0.3) is 11.3 Å². The summed E-state index contributed by atoms with van der Waals surface area (Å²) in [6.45, 7) is 12.1. The standard InChI is InChI=1S/C24H34N4O5Si/c1-15(33-34(5,6)24(2,3)4)21(29)26-27-22(30)17-12-18(13-17)25-23(31)19-14-20(32-28-19)16-10-8-7-9-11-16/h7-11,14-15,17-18H,12-13H2,1-6H3,(H,25,31)(H,26,29)(H,27,30)/t15-,17?,18?/m0/s1. The molecule has 1 aliphatic carbocycles. The molecule has 10 heteroatoms. The van der Waals surface area contributed by atoms with Gasteiger partial charge >= 0.3 is 0 Å². The van der Waals surface area contributed by atoms with E-state index < -0.39 is 14.4 Å². The van der Waals surface area contributed by atoms with E-state index in [0.717, 1.165) is 5.56 Å². The summed E-state index contributed by atoms with van der Waals surface area (Å²) in [4.78, 5) is 37.2. The highest BCUT2D eigenvalue weighted by atomic mass is 28.4. The van der Waals surface area contributed by atoms with E-state index in [-0.39, 0.29) is 40.4 Å². The number of hydrogen-bond donors (Lipinski definition) is 3. The first kappa shape index (κ1) is 25.6. The number of carbonyl (C=O) groups is 3. The summed E-state index contributed by atoms with van der Waals surface area (Å²) < 4.78 is 11.3. The second kappa shape index (κ2) is 10.1. The van der Waals surface area contributed by atoms with Crippen molar-refractivity contribution in [3.8, 4) is 11.3 Å². The monoisotopic (exact) mass is 486 g/mol. The Balaban J connectivity index is 1.40. The fourth-order valence-electron chi connectivity index (χ4n) is 3.33. The van der Waals surface area contributed by atoms with E-state index in [0.29, 0.717) is 18.6 Å². The van der Waals surface area contributed by atoms with Gasteiger partial charge in [-0.15, -0.1) is 0 Å². The maximum Gasteiger partial charge on any atom is 0.273 e. The third kappa shape index (κ3) is 6.12. The number of rotatable bonds is 7. The lowest BCUT2D eigenvalue weighted by Crippen LogP contribution is -2.55. The third-order valence-electron chi connectivity index (χ3n) is 6.60. The van der Waals surface area contributed by atoms with Gasteiger partial charge in [0, 0.05) is 23.6 Å². The number of hydrogen-bond acceptors (Lipinski definition) is 6. The normalized spacial score (nSPS) is 19.0. The molecule has 1 atom stereocenters. The van der Waals surface area contributed by atoms with E-state index in [2.05, 4.69) is 55.2 Å². The maximum atomic E-state index is 12.4. The van der Waals surface area contributed by atoms with Gasteiger partial charge in [0.15, 0.2) is 19.8 Å². The molecule has 1 heterocycles. The van der Waals surface area contributed by atoms with Crippen molar-refractivity contribution in [1.29, 1.82) is 0 Å². The first-order valence-corrected chi connectivity index (χ1v) is 14.4. The Labute approximate surface area is 201 Å². The lowest BCUT2D eigenvalue weighted by Gasteiger charge is -2.38. The molecule has 34 heavy (non-hydrogen) atoms. The van der Waals surface area contributed by atoms with Crippen LogP contribution in [0.15, 0.2) is 40.9 Å². The molecule has 1 fully saturated rings. The molecule has 3 rings (SSSR count). The minimum Gasteiger partial charge on any atom is -0.405 e. The van der Waals surface area contributed by atoms with E-state index in [1.165, 1.54) is 0 Å². The maximum absolute atomic E-state index is 12.4. The lowest BCUT2D eigenvalue weighted by molar-refractivity contribution is -0.136. The average molecular weight is 487 g/mol. The van der Waals surface area contributed by atoms with Gasteiger partial charge in [-0.1, -0.05) is 56.3 Å². The van der Waals surface area contributed by atoms with Crippen molar-refractivity contribution in [1.82, 2.24) is 21.3 Å². The summed E-state index contributed by atoms with van der Waals surface area (Å²) in [6, 6.07) is 10.8. The van der Waals surface area contributed by atoms with Crippen molar-refractivity contribution in [2.75, 3.05) is 0 Å². The number of nitrogens with zero attached hydrogens (tertiary/aromatic N) is 1. The molecule has 0 bridgehead atoms. The molecule has 0 aliphatic heterocycles. The van der Waals surface area contributed by atoms with Crippen LogP contribution in [-0.2, 0) is 14.0 Å². The van der Waals surface area contributed by atoms with Crippen molar-refractivity contribution in [3.05, 3.63) is 42.1 Å². The Hall–Kier alpha value is -2.98. The van der Waals surface area contributed by atoms with Gasteiger partial charge in [0.25, 0.3) is 11.8 Å². The summed E-state index contributed by atoms with van der Waals surface area (Å²) in [6.07, 6.45) is 0.289. The molecule has 9 nitrogen and oxygen atoms in total. The molecule has 0 saturated heterocycles. The van der Waals surface area contributed by atoms with Gasteiger partial charge in [-0.25, -0.2) is 0 Å². The van der Waals surface area contributed by atoms with Crippen LogP contribution >= 0.6 is 0 Å². The molecule has 2 aromatic rings. The Morgan fingerprint density at radius 2 is 1.76 bits per heavy atom. The first-order valence-electron chi connectivity index (χ1n) is 11.5. The van der Waals surface area contributed by atoms with Crippen LogP contribution in [0.4, 0.5) is 0 Å². The summed E-state index contributed by atoms with van der Waals surface area (Å²) >= 11 is 0. The van der Waals surface area contributed by atoms with Gasteiger partial charge in [0.2, 0.25) is 5.91 Å². The molecule has 1 aromatic heterocycles. The van der Waals surface area contributed by atoms with Crippen LogP contribution in [-0.4, -0.2) is 43.3 Å². The minimum atomic E-state index is -2.10. The predicted octanol–water partition coefficient (Wildman–Crippen LogP) is 3.41. The molecule has 0 spiro atoms. The third-order valence-corrected chi connectivity index (χ3v) is 11.2. The zero-order valence-electron chi connectivity index (χ0n) is 20.6. The molecule has 0 unspecified atom stereocenters. The van der Waals surface area contributed by atoms with Crippen LogP contribution < -0.4 is 16.2 Å². The molecule has 1 aliphatic rings. The number of benzene rings is 1. The fraction of sp³-hybridized carbons (Fsp3) is 0.500. The first-order chi connectivity index (χ1) is 15.9. The topological polar surface area (TPSA) is 123 Å². The van der Waals surface area contributed by atoms with Crippen LogP contribution in [0, 0.1) is 5.92 Å². The van der Waals surface area contributed by atoms with Crippen LogP contribution in [0.1, 0.15) is 51.0 Å². The van der Waals surface area contributed by atoms with Crippen molar-refractivity contribution in [3.63, 3.8) is 0 Å². The van der Waals surface area contributed by atoms with Gasteiger partial charge in [0.1, 0.15) is 6.10 Å². The van der Waals surface area contributed by atoms with Crippen molar-refractivity contribution < 1.29 is 23.3 Å². The second-order valence-electron chi connectivity index (χ2n) is 10.3. The van der Waals surface area contributed by atoms with E-state index in [9.17, 15) is 14.4 Å². The molecule has 1 aromatic carbocycles. The molecule has 3 N–H and O–H groups in total. The predicted molar refractivity (Wildman–Crippen MR) is 130 cm³/mol. The SMILES string of the molecule is C[C@H](O[Si](C)(C)C(C)(C)C)C(=O)NNC(=O)C1CC(NC(=O)c2cc(-c3ccccc3)on2)C1. The van der Waals surface area contributed by atoms with Crippen molar-refractivity contribution in [2.45, 2.75) is 70.8 Å².